The molecule has 148 valence electrons. The van der Waals surface area contributed by atoms with Gasteiger partial charge in [-0.1, -0.05) is 31.1 Å². The van der Waals surface area contributed by atoms with Crippen LogP contribution in [-0.4, -0.2) is 41.2 Å². The lowest BCUT2D eigenvalue weighted by atomic mass is 9.89. The molecule has 0 saturated heterocycles. The summed E-state index contributed by atoms with van der Waals surface area (Å²) < 4.78 is 13.5. The minimum atomic E-state index is -0.195. The summed E-state index contributed by atoms with van der Waals surface area (Å²) in [5.41, 5.74) is 7.26. The standard InChI is InChI=1S/C24H29FN2O/c25-20-9-7-18(8-10-20)22-17-24(19-11-13-27(14-12-19)15-16-28)26-23-6-4-2-1-3-5-21(22)23/h7-11,17,28H,1-6,12-16H2. The second-order valence-corrected chi connectivity index (χ2v) is 7.90. The molecule has 1 aliphatic heterocycles. The Morgan fingerprint density at radius 1 is 1.00 bits per heavy atom. The number of halogens is 1. The molecule has 0 amide bonds. The molecule has 1 aromatic heterocycles. The Balaban J connectivity index is 1.74. The summed E-state index contributed by atoms with van der Waals surface area (Å²) in [5.74, 6) is -0.195. The Bertz CT molecular complexity index is 844. The number of hydrogen-bond donors (Lipinski definition) is 1. The van der Waals surface area contributed by atoms with E-state index in [1.807, 2.05) is 12.1 Å². The van der Waals surface area contributed by atoms with Crippen LogP contribution < -0.4 is 0 Å². The lowest BCUT2D eigenvalue weighted by Crippen LogP contribution is -2.31. The highest BCUT2D eigenvalue weighted by molar-refractivity contribution is 5.74. The molecular formula is C24H29FN2O. The van der Waals surface area contributed by atoms with E-state index >= 15 is 0 Å². The van der Waals surface area contributed by atoms with Gasteiger partial charge in [-0.3, -0.25) is 9.88 Å². The van der Waals surface area contributed by atoms with E-state index < -0.39 is 0 Å². The molecule has 0 radical (unpaired) electrons. The van der Waals surface area contributed by atoms with Crippen molar-refractivity contribution in [2.24, 2.45) is 0 Å². The van der Waals surface area contributed by atoms with Crippen molar-refractivity contribution in [1.29, 1.82) is 0 Å². The number of hydrogen-bond acceptors (Lipinski definition) is 3. The third-order valence-corrected chi connectivity index (χ3v) is 5.99. The van der Waals surface area contributed by atoms with E-state index in [0.29, 0.717) is 0 Å². The molecule has 0 fully saturated rings. The molecule has 3 nitrogen and oxygen atoms in total. The monoisotopic (exact) mass is 380 g/mol. The molecule has 1 N–H and O–H groups in total. The van der Waals surface area contributed by atoms with Crippen molar-refractivity contribution in [3.63, 3.8) is 0 Å². The molecule has 1 aliphatic carbocycles. The molecule has 0 saturated carbocycles. The minimum absolute atomic E-state index is 0.195. The number of fused-ring (bicyclic) bond motifs is 1. The van der Waals surface area contributed by atoms with Gasteiger partial charge in [-0.15, -0.1) is 0 Å². The van der Waals surface area contributed by atoms with Gasteiger partial charge < -0.3 is 5.11 Å². The highest BCUT2D eigenvalue weighted by Crippen LogP contribution is 2.33. The quantitative estimate of drug-likeness (QED) is 0.840. The van der Waals surface area contributed by atoms with Crippen LogP contribution in [0, 0.1) is 5.82 Å². The molecule has 0 spiro atoms. The number of aliphatic hydroxyl groups excluding tert-OH is 1. The van der Waals surface area contributed by atoms with E-state index in [4.69, 9.17) is 10.1 Å². The Morgan fingerprint density at radius 2 is 1.79 bits per heavy atom. The SMILES string of the molecule is OCCN1CC=C(c2cc(-c3ccc(F)cc3)c3c(n2)CCCCCC3)CC1. The first-order chi connectivity index (χ1) is 13.7. The number of aromatic nitrogens is 1. The zero-order valence-corrected chi connectivity index (χ0v) is 16.5. The van der Waals surface area contributed by atoms with Crippen molar-refractivity contribution >= 4 is 5.57 Å². The molecule has 0 bridgehead atoms. The maximum atomic E-state index is 13.5. The van der Waals surface area contributed by atoms with E-state index in [2.05, 4.69) is 17.0 Å². The van der Waals surface area contributed by atoms with Crippen LogP contribution in [0.4, 0.5) is 4.39 Å². The number of aryl methyl sites for hydroxylation is 1. The Hall–Kier alpha value is -2.04. The number of benzene rings is 1. The smallest absolute Gasteiger partial charge is 0.123 e. The predicted molar refractivity (Wildman–Crippen MR) is 112 cm³/mol. The third-order valence-electron chi connectivity index (χ3n) is 5.99. The molecule has 0 atom stereocenters. The Kier molecular flexibility index (Phi) is 6.18. The van der Waals surface area contributed by atoms with Gasteiger partial charge in [0, 0.05) is 25.3 Å². The number of rotatable bonds is 4. The van der Waals surface area contributed by atoms with Crippen molar-refractivity contribution in [3.05, 3.63) is 59.2 Å². The summed E-state index contributed by atoms with van der Waals surface area (Å²) in [6, 6.07) is 9.12. The summed E-state index contributed by atoms with van der Waals surface area (Å²) >= 11 is 0. The average molecular weight is 381 g/mol. The fourth-order valence-corrected chi connectivity index (χ4v) is 4.40. The highest BCUT2D eigenvalue weighted by atomic mass is 19.1. The van der Waals surface area contributed by atoms with Crippen molar-refractivity contribution in [2.45, 2.75) is 44.9 Å². The summed E-state index contributed by atoms with van der Waals surface area (Å²) in [5, 5.41) is 9.16. The minimum Gasteiger partial charge on any atom is -0.395 e. The Morgan fingerprint density at radius 3 is 2.50 bits per heavy atom. The van der Waals surface area contributed by atoms with E-state index in [0.717, 1.165) is 50.2 Å². The predicted octanol–water partition coefficient (Wildman–Crippen LogP) is 4.63. The molecule has 1 aromatic carbocycles. The van der Waals surface area contributed by atoms with Gasteiger partial charge in [-0.25, -0.2) is 4.39 Å². The first-order valence-corrected chi connectivity index (χ1v) is 10.6. The van der Waals surface area contributed by atoms with Crippen LogP contribution in [0.5, 0.6) is 0 Å². The van der Waals surface area contributed by atoms with Crippen molar-refractivity contribution < 1.29 is 9.50 Å². The van der Waals surface area contributed by atoms with Gasteiger partial charge in [-0.05, 0) is 72.6 Å². The van der Waals surface area contributed by atoms with Crippen molar-refractivity contribution in [1.82, 2.24) is 9.88 Å². The second kappa shape index (κ2) is 8.97. The van der Waals surface area contributed by atoms with Crippen LogP contribution in [0.1, 0.15) is 49.1 Å². The number of β-amino-alcohol motifs (C(OH)–C–C–N with tert-alkyl or cyclic N) is 1. The number of nitrogens with zero attached hydrogens (tertiary/aromatic N) is 2. The van der Waals surface area contributed by atoms with E-state index in [9.17, 15) is 4.39 Å². The van der Waals surface area contributed by atoms with Gasteiger partial charge in [0.25, 0.3) is 0 Å². The van der Waals surface area contributed by atoms with Gasteiger partial charge in [0.2, 0.25) is 0 Å². The second-order valence-electron chi connectivity index (χ2n) is 7.90. The average Bonchev–Trinajstić information content (AvgIpc) is 2.69. The van der Waals surface area contributed by atoms with Crippen LogP contribution in [-0.2, 0) is 12.8 Å². The van der Waals surface area contributed by atoms with E-state index in [1.165, 1.54) is 48.1 Å². The third kappa shape index (κ3) is 4.34. The van der Waals surface area contributed by atoms with Gasteiger partial charge in [-0.2, -0.15) is 0 Å². The fourth-order valence-electron chi connectivity index (χ4n) is 4.40. The number of aliphatic hydroxyl groups is 1. The summed E-state index contributed by atoms with van der Waals surface area (Å²) in [4.78, 5) is 7.36. The van der Waals surface area contributed by atoms with Crippen LogP contribution in [0.25, 0.3) is 16.7 Å². The highest BCUT2D eigenvalue weighted by Gasteiger charge is 2.19. The van der Waals surface area contributed by atoms with Crippen LogP contribution in [0.15, 0.2) is 36.4 Å². The van der Waals surface area contributed by atoms with Crippen molar-refractivity contribution in [3.8, 4) is 11.1 Å². The molecule has 2 aromatic rings. The molecule has 2 heterocycles. The molecule has 4 heteroatoms. The molecular weight excluding hydrogens is 351 g/mol. The first kappa shape index (κ1) is 19.3. The van der Waals surface area contributed by atoms with Crippen molar-refractivity contribution in [2.75, 3.05) is 26.2 Å². The first-order valence-electron chi connectivity index (χ1n) is 10.6. The molecule has 2 aliphatic rings. The largest absolute Gasteiger partial charge is 0.395 e. The van der Waals surface area contributed by atoms with Crippen LogP contribution in [0.2, 0.25) is 0 Å². The summed E-state index contributed by atoms with van der Waals surface area (Å²) in [6.45, 7) is 2.74. The molecule has 28 heavy (non-hydrogen) atoms. The van der Waals surface area contributed by atoms with Gasteiger partial charge >= 0.3 is 0 Å². The van der Waals surface area contributed by atoms with Gasteiger partial charge in [0.1, 0.15) is 5.82 Å². The van der Waals surface area contributed by atoms with Gasteiger partial charge in [0.05, 0.1) is 12.3 Å². The molecule has 4 rings (SSSR count). The van der Waals surface area contributed by atoms with E-state index in [-0.39, 0.29) is 12.4 Å². The zero-order valence-electron chi connectivity index (χ0n) is 16.5. The maximum Gasteiger partial charge on any atom is 0.123 e. The van der Waals surface area contributed by atoms with Gasteiger partial charge in [0.15, 0.2) is 0 Å². The lowest BCUT2D eigenvalue weighted by molar-refractivity contribution is 0.208. The topological polar surface area (TPSA) is 36.4 Å². The normalized spacial score (nSPS) is 18.1. The summed E-state index contributed by atoms with van der Waals surface area (Å²) in [7, 11) is 0. The Labute approximate surface area is 166 Å². The summed E-state index contributed by atoms with van der Waals surface area (Å²) in [6.07, 6.45) is 10.2. The van der Waals surface area contributed by atoms with Crippen LogP contribution >= 0.6 is 0 Å². The number of pyridine rings is 1. The lowest BCUT2D eigenvalue weighted by Gasteiger charge is -2.26. The zero-order chi connectivity index (χ0) is 19.3. The maximum absolute atomic E-state index is 13.5. The van der Waals surface area contributed by atoms with Crippen LogP contribution in [0.3, 0.4) is 0 Å². The molecule has 0 unspecified atom stereocenters. The fraction of sp³-hybridized carbons (Fsp3) is 0.458. The van der Waals surface area contributed by atoms with E-state index in [1.54, 1.807) is 12.1 Å².